The highest BCUT2D eigenvalue weighted by Gasteiger charge is 2.38. The van der Waals surface area contributed by atoms with E-state index >= 15 is 0 Å². The molecule has 0 unspecified atom stereocenters. The van der Waals surface area contributed by atoms with Crippen LogP contribution in [0.3, 0.4) is 0 Å². The zero-order chi connectivity index (χ0) is 15.9. The number of imidazole rings is 1. The van der Waals surface area contributed by atoms with Gasteiger partial charge in [0.15, 0.2) is 11.5 Å². The van der Waals surface area contributed by atoms with Crippen LogP contribution in [0.2, 0.25) is 0 Å². The minimum absolute atomic E-state index is 0.00703. The number of aryl methyl sites for hydroxylation is 1. The molecular formula is C13H11F3N2O4. The van der Waals surface area contributed by atoms with Crippen LogP contribution >= 0.6 is 0 Å². The summed E-state index contributed by atoms with van der Waals surface area (Å²) >= 11 is 0. The van der Waals surface area contributed by atoms with Gasteiger partial charge in [-0.2, -0.15) is 13.2 Å². The number of carbonyl (C=O) groups is 1. The van der Waals surface area contributed by atoms with Gasteiger partial charge in [-0.05, 0) is 6.42 Å². The molecule has 1 aromatic heterocycles. The van der Waals surface area contributed by atoms with Gasteiger partial charge in [-0.25, -0.2) is 4.98 Å². The van der Waals surface area contributed by atoms with Crippen LogP contribution < -0.4 is 9.47 Å². The Kier molecular flexibility index (Phi) is 3.34. The third-order valence-corrected chi connectivity index (χ3v) is 3.27. The second kappa shape index (κ2) is 5.08. The lowest BCUT2D eigenvalue weighted by Crippen LogP contribution is -2.15. The van der Waals surface area contributed by atoms with Crippen molar-refractivity contribution in [3.05, 3.63) is 18.0 Å². The molecule has 0 atom stereocenters. The lowest BCUT2D eigenvalue weighted by atomic mass is 10.2. The van der Waals surface area contributed by atoms with E-state index in [1.807, 2.05) is 0 Å². The second-order valence-corrected chi connectivity index (χ2v) is 4.78. The molecule has 0 saturated carbocycles. The zero-order valence-corrected chi connectivity index (χ0v) is 11.2. The van der Waals surface area contributed by atoms with Crippen LogP contribution in [0.15, 0.2) is 12.1 Å². The van der Waals surface area contributed by atoms with Crippen molar-refractivity contribution < 1.29 is 32.5 Å². The van der Waals surface area contributed by atoms with E-state index in [-0.39, 0.29) is 37.2 Å². The maximum atomic E-state index is 13.1. The van der Waals surface area contributed by atoms with Gasteiger partial charge in [-0.1, -0.05) is 0 Å². The number of halogens is 3. The number of carboxylic acids is 1. The molecule has 1 aliphatic heterocycles. The van der Waals surface area contributed by atoms with Crippen LogP contribution in [0, 0.1) is 0 Å². The number of rotatable bonds is 4. The number of benzene rings is 1. The Bertz CT molecular complexity index is 739. The standard InChI is InChI=1S/C13H11F3N2O4/c14-13(15,16)12-17-7-4-9-10(22-6-21-9)5-8(7)18(12)3-1-2-11(19)20/h4-5H,1-3,6H2,(H,19,20). The van der Waals surface area contributed by atoms with Crippen molar-refractivity contribution in [3.8, 4) is 11.5 Å². The molecule has 2 aromatic rings. The number of hydrogen-bond acceptors (Lipinski definition) is 4. The SMILES string of the molecule is O=C(O)CCCn1c(C(F)(F)F)nc2cc3c(cc21)OCO3. The summed E-state index contributed by atoms with van der Waals surface area (Å²) in [5.74, 6) is -1.43. The summed E-state index contributed by atoms with van der Waals surface area (Å²) in [6.07, 6.45) is -4.78. The monoisotopic (exact) mass is 316 g/mol. The van der Waals surface area contributed by atoms with Crippen LogP contribution in [-0.2, 0) is 17.5 Å². The molecule has 1 aliphatic rings. The summed E-state index contributed by atoms with van der Waals surface area (Å²) in [4.78, 5) is 14.2. The number of aliphatic carboxylic acids is 1. The topological polar surface area (TPSA) is 73.6 Å². The third kappa shape index (κ3) is 2.53. The number of hydrogen-bond donors (Lipinski definition) is 1. The fourth-order valence-corrected chi connectivity index (χ4v) is 2.35. The lowest BCUT2D eigenvalue weighted by molar-refractivity contribution is -0.147. The van der Waals surface area contributed by atoms with Crippen molar-refractivity contribution in [2.24, 2.45) is 0 Å². The molecule has 6 nitrogen and oxygen atoms in total. The first-order chi connectivity index (χ1) is 10.4. The van der Waals surface area contributed by atoms with Crippen molar-refractivity contribution >= 4 is 17.0 Å². The van der Waals surface area contributed by atoms with Gasteiger partial charge in [0.25, 0.3) is 0 Å². The average molecular weight is 316 g/mol. The van der Waals surface area contributed by atoms with Crippen LogP contribution in [0.4, 0.5) is 13.2 Å². The van der Waals surface area contributed by atoms with E-state index in [4.69, 9.17) is 14.6 Å². The van der Waals surface area contributed by atoms with E-state index in [1.165, 1.54) is 12.1 Å². The van der Waals surface area contributed by atoms with E-state index in [9.17, 15) is 18.0 Å². The molecule has 2 heterocycles. The predicted molar refractivity (Wildman–Crippen MR) is 67.7 cm³/mol. The minimum Gasteiger partial charge on any atom is -0.481 e. The summed E-state index contributed by atoms with van der Waals surface area (Å²) in [7, 11) is 0. The molecule has 1 N–H and O–H groups in total. The Hall–Kier alpha value is -2.45. The summed E-state index contributed by atoms with van der Waals surface area (Å²) in [5.41, 5.74) is 0.369. The Labute approximate surface area is 122 Å². The number of alkyl halides is 3. The van der Waals surface area contributed by atoms with Crippen LogP contribution in [-0.4, -0.2) is 27.4 Å². The summed E-state index contributed by atoms with van der Waals surface area (Å²) in [6, 6.07) is 2.82. The number of nitrogens with zero attached hydrogens (tertiary/aromatic N) is 2. The Morgan fingerprint density at radius 2 is 2.00 bits per heavy atom. The van der Waals surface area contributed by atoms with E-state index in [2.05, 4.69) is 4.98 Å². The molecule has 118 valence electrons. The van der Waals surface area contributed by atoms with Crippen LogP contribution in [0.1, 0.15) is 18.7 Å². The molecule has 22 heavy (non-hydrogen) atoms. The van der Waals surface area contributed by atoms with Crippen molar-refractivity contribution in [3.63, 3.8) is 0 Å². The number of aromatic nitrogens is 2. The quantitative estimate of drug-likeness (QED) is 0.938. The fourth-order valence-electron chi connectivity index (χ4n) is 2.35. The highest BCUT2D eigenvalue weighted by Crippen LogP contribution is 2.39. The average Bonchev–Trinajstić information content (AvgIpc) is 2.99. The molecule has 0 saturated heterocycles. The minimum atomic E-state index is -4.63. The van der Waals surface area contributed by atoms with E-state index in [0.29, 0.717) is 11.5 Å². The normalized spacial score (nSPS) is 13.8. The molecule has 0 amide bonds. The van der Waals surface area contributed by atoms with E-state index < -0.39 is 18.0 Å². The number of ether oxygens (including phenoxy) is 2. The van der Waals surface area contributed by atoms with Crippen LogP contribution in [0.25, 0.3) is 11.0 Å². The first-order valence-corrected chi connectivity index (χ1v) is 6.45. The van der Waals surface area contributed by atoms with Crippen molar-refractivity contribution in [1.29, 1.82) is 0 Å². The van der Waals surface area contributed by atoms with Gasteiger partial charge in [-0.3, -0.25) is 4.79 Å². The summed E-state index contributed by atoms with van der Waals surface area (Å²) in [6.45, 7) is -0.0929. The van der Waals surface area contributed by atoms with Crippen LogP contribution in [0.5, 0.6) is 11.5 Å². The Morgan fingerprint density at radius 1 is 1.32 bits per heavy atom. The molecular weight excluding hydrogens is 305 g/mol. The Morgan fingerprint density at radius 3 is 2.64 bits per heavy atom. The van der Waals surface area contributed by atoms with Crippen molar-refractivity contribution in [2.75, 3.05) is 6.79 Å². The molecule has 1 aromatic carbocycles. The van der Waals surface area contributed by atoms with Gasteiger partial charge < -0.3 is 19.1 Å². The Balaban J connectivity index is 2.06. The predicted octanol–water partition coefficient (Wildman–Crippen LogP) is 2.65. The van der Waals surface area contributed by atoms with Gasteiger partial charge in [0.1, 0.15) is 0 Å². The molecule has 0 bridgehead atoms. The van der Waals surface area contributed by atoms with Gasteiger partial charge in [-0.15, -0.1) is 0 Å². The van der Waals surface area contributed by atoms with E-state index in [0.717, 1.165) is 4.57 Å². The molecule has 0 aliphatic carbocycles. The third-order valence-electron chi connectivity index (χ3n) is 3.27. The maximum Gasteiger partial charge on any atom is 0.449 e. The summed E-state index contributed by atoms with van der Waals surface area (Å²) in [5, 5.41) is 8.63. The fraction of sp³-hybridized carbons (Fsp3) is 0.385. The molecule has 0 radical (unpaired) electrons. The van der Waals surface area contributed by atoms with E-state index in [1.54, 1.807) is 0 Å². The summed E-state index contributed by atoms with van der Waals surface area (Å²) < 4.78 is 50.6. The van der Waals surface area contributed by atoms with Gasteiger partial charge >= 0.3 is 12.1 Å². The molecule has 0 spiro atoms. The first-order valence-electron chi connectivity index (χ1n) is 6.45. The van der Waals surface area contributed by atoms with Crippen molar-refractivity contribution in [1.82, 2.24) is 9.55 Å². The van der Waals surface area contributed by atoms with Gasteiger partial charge in [0.2, 0.25) is 12.6 Å². The molecule has 9 heteroatoms. The largest absolute Gasteiger partial charge is 0.481 e. The zero-order valence-electron chi connectivity index (χ0n) is 11.2. The molecule has 0 fully saturated rings. The van der Waals surface area contributed by atoms with Gasteiger partial charge in [0, 0.05) is 25.1 Å². The smallest absolute Gasteiger partial charge is 0.449 e. The van der Waals surface area contributed by atoms with Crippen molar-refractivity contribution in [2.45, 2.75) is 25.6 Å². The number of carboxylic acid groups (broad SMARTS) is 1. The highest BCUT2D eigenvalue weighted by molar-refractivity contribution is 5.81. The van der Waals surface area contributed by atoms with Gasteiger partial charge in [0.05, 0.1) is 11.0 Å². The first kappa shape index (κ1) is 14.5. The lowest BCUT2D eigenvalue weighted by Gasteiger charge is -2.10. The maximum absolute atomic E-state index is 13.1. The molecule has 3 rings (SSSR count). The second-order valence-electron chi connectivity index (χ2n) is 4.78. The number of fused-ring (bicyclic) bond motifs is 2. The highest BCUT2D eigenvalue weighted by atomic mass is 19.4.